The van der Waals surface area contributed by atoms with Crippen LogP contribution >= 0.6 is 11.3 Å². The molecule has 0 spiro atoms. The van der Waals surface area contributed by atoms with Crippen LogP contribution in [0.4, 0.5) is 0 Å². The lowest BCUT2D eigenvalue weighted by Crippen LogP contribution is -2.29. The van der Waals surface area contributed by atoms with Gasteiger partial charge in [0.05, 0.1) is 12.2 Å². The van der Waals surface area contributed by atoms with Crippen LogP contribution in [-0.4, -0.2) is 40.2 Å². The smallest absolute Gasteiger partial charge is 0.246 e. The number of rotatable bonds is 4. The largest absolute Gasteiger partial charge is 0.471 e. The minimum Gasteiger partial charge on any atom is -0.471 e. The first-order valence-electron chi connectivity index (χ1n) is 7.18. The van der Waals surface area contributed by atoms with Gasteiger partial charge in [0.1, 0.15) is 6.10 Å². The second-order valence-corrected chi connectivity index (χ2v) is 6.15. The Morgan fingerprint density at radius 3 is 3.05 bits per heavy atom. The van der Waals surface area contributed by atoms with Crippen LogP contribution < -0.4 is 4.74 Å². The fraction of sp³-hybridized carbons (Fsp3) is 0.312. The van der Waals surface area contributed by atoms with Gasteiger partial charge in [-0.1, -0.05) is 6.07 Å². The van der Waals surface area contributed by atoms with Crippen molar-refractivity contribution in [1.29, 1.82) is 0 Å². The van der Waals surface area contributed by atoms with Crippen LogP contribution in [0.5, 0.6) is 5.88 Å². The maximum absolute atomic E-state index is 12.1. The van der Waals surface area contributed by atoms with Crippen molar-refractivity contribution in [2.45, 2.75) is 19.4 Å². The van der Waals surface area contributed by atoms with E-state index in [0.29, 0.717) is 19.0 Å². The predicted molar refractivity (Wildman–Crippen MR) is 85.7 cm³/mol. The van der Waals surface area contributed by atoms with Crippen LogP contribution in [-0.2, 0) is 4.79 Å². The Balaban J connectivity index is 1.53. The van der Waals surface area contributed by atoms with E-state index in [1.807, 2.05) is 42.6 Å². The van der Waals surface area contributed by atoms with E-state index in [1.165, 1.54) is 0 Å². The molecular weight excluding hydrogens is 298 g/mol. The van der Waals surface area contributed by atoms with Crippen molar-refractivity contribution in [3.63, 3.8) is 0 Å². The first kappa shape index (κ1) is 14.7. The van der Waals surface area contributed by atoms with Crippen LogP contribution in [0.2, 0.25) is 0 Å². The number of aryl methyl sites for hydroxylation is 1. The fourth-order valence-electron chi connectivity index (χ4n) is 2.29. The van der Waals surface area contributed by atoms with E-state index < -0.39 is 0 Å². The van der Waals surface area contributed by atoms with Gasteiger partial charge in [0.25, 0.3) is 0 Å². The number of aromatic nitrogens is 2. The Labute approximate surface area is 133 Å². The summed E-state index contributed by atoms with van der Waals surface area (Å²) in [5.74, 6) is 0.536. The quantitative estimate of drug-likeness (QED) is 0.814. The Morgan fingerprint density at radius 1 is 1.41 bits per heavy atom. The molecule has 3 rings (SSSR count). The van der Waals surface area contributed by atoms with E-state index >= 15 is 0 Å². The lowest BCUT2D eigenvalue weighted by molar-refractivity contribution is -0.125. The van der Waals surface area contributed by atoms with Gasteiger partial charge in [0.2, 0.25) is 11.8 Å². The molecule has 22 heavy (non-hydrogen) atoms. The molecule has 1 atom stereocenters. The molecule has 0 saturated carbocycles. The molecule has 6 heteroatoms. The monoisotopic (exact) mass is 315 g/mol. The van der Waals surface area contributed by atoms with E-state index in [0.717, 1.165) is 17.0 Å². The summed E-state index contributed by atoms with van der Waals surface area (Å²) in [5, 5.41) is 9.95. The molecule has 0 N–H and O–H groups in total. The highest BCUT2D eigenvalue weighted by atomic mass is 32.1. The third-order valence-corrected chi connectivity index (χ3v) is 4.29. The summed E-state index contributed by atoms with van der Waals surface area (Å²) < 4.78 is 5.77. The van der Waals surface area contributed by atoms with Crippen molar-refractivity contribution in [2.75, 3.05) is 13.1 Å². The van der Waals surface area contributed by atoms with Gasteiger partial charge in [0, 0.05) is 30.0 Å². The van der Waals surface area contributed by atoms with Crippen molar-refractivity contribution in [1.82, 2.24) is 15.1 Å². The molecule has 1 amide bonds. The minimum absolute atomic E-state index is 0.0175. The second-order valence-electron chi connectivity index (χ2n) is 5.17. The zero-order valence-electron chi connectivity index (χ0n) is 12.3. The molecule has 1 aliphatic rings. The van der Waals surface area contributed by atoms with Gasteiger partial charge in [-0.25, -0.2) is 0 Å². The molecule has 2 aromatic heterocycles. The molecule has 1 aliphatic heterocycles. The zero-order chi connectivity index (χ0) is 15.4. The summed E-state index contributed by atoms with van der Waals surface area (Å²) in [4.78, 5) is 15.0. The minimum atomic E-state index is -0.0175. The van der Waals surface area contributed by atoms with E-state index in [-0.39, 0.29) is 12.0 Å². The molecule has 0 aromatic carbocycles. The zero-order valence-corrected chi connectivity index (χ0v) is 13.1. The Kier molecular flexibility index (Phi) is 4.48. The van der Waals surface area contributed by atoms with Crippen molar-refractivity contribution in [2.24, 2.45) is 0 Å². The third-order valence-electron chi connectivity index (χ3n) is 3.45. The molecule has 5 nitrogen and oxygen atoms in total. The highest BCUT2D eigenvalue weighted by molar-refractivity contribution is 7.10. The summed E-state index contributed by atoms with van der Waals surface area (Å²) in [7, 11) is 0. The molecule has 1 saturated heterocycles. The highest BCUT2D eigenvalue weighted by Crippen LogP contribution is 2.17. The summed E-state index contributed by atoms with van der Waals surface area (Å²) in [6, 6.07) is 7.63. The van der Waals surface area contributed by atoms with Crippen LogP contribution in [0.1, 0.15) is 17.0 Å². The van der Waals surface area contributed by atoms with Crippen molar-refractivity contribution < 1.29 is 9.53 Å². The fourth-order valence-corrected chi connectivity index (χ4v) is 2.91. The van der Waals surface area contributed by atoms with E-state index in [9.17, 15) is 4.79 Å². The average molecular weight is 315 g/mol. The summed E-state index contributed by atoms with van der Waals surface area (Å²) in [6.45, 7) is 3.17. The van der Waals surface area contributed by atoms with Crippen molar-refractivity contribution >= 4 is 23.3 Å². The van der Waals surface area contributed by atoms with Crippen molar-refractivity contribution in [3.05, 3.63) is 46.3 Å². The highest BCUT2D eigenvalue weighted by Gasteiger charge is 2.26. The van der Waals surface area contributed by atoms with Crippen molar-refractivity contribution in [3.8, 4) is 5.88 Å². The van der Waals surface area contributed by atoms with Gasteiger partial charge in [-0.15, -0.1) is 16.4 Å². The van der Waals surface area contributed by atoms with Crippen LogP contribution in [0.25, 0.3) is 6.08 Å². The van der Waals surface area contributed by atoms with Crippen LogP contribution in [0.3, 0.4) is 0 Å². The maximum atomic E-state index is 12.1. The van der Waals surface area contributed by atoms with Gasteiger partial charge >= 0.3 is 0 Å². The standard InChI is InChI=1S/C16H17N3O2S/c1-12-4-6-15(18-17-12)21-13-8-9-19(11-13)16(20)7-5-14-3-2-10-22-14/h2-7,10,13H,8-9,11H2,1H3/b7-5+/t13-/m1/s1. The number of hydrogen-bond donors (Lipinski definition) is 0. The van der Waals surface area contributed by atoms with Crippen LogP contribution in [0, 0.1) is 6.92 Å². The molecular formula is C16H17N3O2S. The van der Waals surface area contributed by atoms with Gasteiger partial charge in [-0.2, -0.15) is 5.10 Å². The van der Waals surface area contributed by atoms with E-state index in [2.05, 4.69) is 10.2 Å². The van der Waals surface area contributed by atoms with Crippen LogP contribution in [0.15, 0.2) is 35.7 Å². The number of ether oxygens (including phenoxy) is 1. The molecule has 0 radical (unpaired) electrons. The molecule has 0 bridgehead atoms. The second kappa shape index (κ2) is 6.70. The number of carbonyl (C=O) groups excluding carboxylic acids is 1. The Bertz CT molecular complexity index is 653. The normalized spacial score (nSPS) is 18.0. The van der Waals surface area contributed by atoms with Gasteiger partial charge in [-0.3, -0.25) is 4.79 Å². The first-order chi connectivity index (χ1) is 10.7. The number of thiophene rings is 1. The first-order valence-corrected chi connectivity index (χ1v) is 8.06. The number of likely N-dealkylation sites (tertiary alicyclic amines) is 1. The number of hydrogen-bond acceptors (Lipinski definition) is 5. The lowest BCUT2D eigenvalue weighted by atomic mass is 10.3. The molecule has 114 valence electrons. The van der Waals surface area contributed by atoms with E-state index in [4.69, 9.17) is 4.74 Å². The van der Waals surface area contributed by atoms with Gasteiger partial charge in [-0.05, 0) is 30.5 Å². The van der Waals surface area contributed by atoms with Gasteiger partial charge < -0.3 is 9.64 Å². The molecule has 2 aromatic rings. The third kappa shape index (κ3) is 3.71. The predicted octanol–water partition coefficient (Wildman–Crippen LogP) is 2.54. The number of carbonyl (C=O) groups is 1. The molecule has 3 heterocycles. The molecule has 0 aliphatic carbocycles. The Hall–Kier alpha value is -2.21. The lowest BCUT2D eigenvalue weighted by Gasteiger charge is -2.15. The molecule has 0 unspecified atom stereocenters. The summed E-state index contributed by atoms with van der Waals surface area (Å²) in [5.41, 5.74) is 0.856. The maximum Gasteiger partial charge on any atom is 0.246 e. The Morgan fingerprint density at radius 2 is 2.32 bits per heavy atom. The topological polar surface area (TPSA) is 55.3 Å². The average Bonchev–Trinajstić information content (AvgIpc) is 3.19. The SMILES string of the molecule is Cc1ccc(O[C@@H]2CCN(C(=O)/C=C/c3cccs3)C2)nn1. The summed E-state index contributed by atoms with van der Waals surface area (Å²) >= 11 is 1.61. The van der Waals surface area contributed by atoms with Gasteiger partial charge in [0.15, 0.2) is 0 Å². The summed E-state index contributed by atoms with van der Waals surface area (Å²) in [6.07, 6.45) is 4.27. The van der Waals surface area contributed by atoms with E-state index in [1.54, 1.807) is 22.3 Å². The number of amides is 1. The molecule has 1 fully saturated rings. The number of nitrogens with zero attached hydrogens (tertiary/aromatic N) is 3.